The standard InChI is InChI=1S/C21H37NO6S/c1-5-7-10-14-20(28-19(3)23)15-13-18-22(29(4,25)26)17-12-9-8-11-16-21(24)27-6-2/h20H,5-12,14,16-18H2,1-4H3/t20-/m0/s1. The van der Waals surface area contributed by atoms with Gasteiger partial charge in [0.1, 0.15) is 0 Å². The number of sulfonamides is 1. The van der Waals surface area contributed by atoms with Crippen LogP contribution in [0.4, 0.5) is 0 Å². The molecule has 0 N–H and O–H groups in total. The van der Waals surface area contributed by atoms with Gasteiger partial charge in [0, 0.05) is 19.9 Å². The molecule has 168 valence electrons. The van der Waals surface area contributed by atoms with E-state index < -0.39 is 16.1 Å². The highest BCUT2D eigenvalue weighted by Crippen LogP contribution is 2.09. The van der Waals surface area contributed by atoms with E-state index in [1.165, 1.54) is 17.5 Å². The van der Waals surface area contributed by atoms with Crippen molar-refractivity contribution >= 4 is 22.0 Å². The van der Waals surface area contributed by atoms with Crippen molar-refractivity contribution in [3.05, 3.63) is 0 Å². The number of hydrogen-bond donors (Lipinski definition) is 0. The summed E-state index contributed by atoms with van der Waals surface area (Å²) >= 11 is 0. The molecular weight excluding hydrogens is 394 g/mol. The van der Waals surface area contributed by atoms with Crippen molar-refractivity contribution in [1.29, 1.82) is 0 Å². The van der Waals surface area contributed by atoms with Crippen LogP contribution in [0.2, 0.25) is 0 Å². The van der Waals surface area contributed by atoms with Crippen molar-refractivity contribution in [3.63, 3.8) is 0 Å². The highest BCUT2D eigenvalue weighted by molar-refractivity contribution is 7.88. The Morgan fingerprint density at radius 3 is 2.31 bits per heavy atom. The third kappa shape index (κ3) is 16.0. The molecule has 0 aromatic heterocycles. The summed E-state index contributed by atoms with van der Waals surface area (Å²) in [5.41, 5.74) is 0. The SMILES string of the molecule is CCCCC[C@@H](C#CCN(CCCCCCC(=O)OCC)S(C)(=O)=O)OC(C)=O. The molecule has 0 aromatic carbocycles. The molecule has 0 amide bonds. The van der Waals surface area contributed by atoms with Crippen molar-refractivity contribution in [3.8, 4) is 11.8 Å². The highest BCUT2D eigenvalue weighted by atomic mass is 32.2. The number of esters is 2. The molecule has 0 bridgehead atoms. The lowest BCUT2D eigenvalue weighted by atomic mass is 10.1. The Kier molecular flexibility index (Phi) is 15.3. The summed E-state index contributed by atoms with van der Waals surface area (Å²) in [6.07, 6.45) is 7.81. The molecule has 0 radical (unpaired) electrons. The molecule has 0 saturated carbocycles. The van der Waals surface area contributed by atoms with Gasteiger partial charge in [0.2, 0.25) is 10.0 Å². The Bertz CT molecular complexity index is 635. The van der Waals surface area contributed by atoms with Gasteiger partial charge >= 0.3 is 11.9 Å². The van der Waals surface area contributed by atoms with Crippen LogP contribution in [0.1, 0.15) is 78.6 Å². The quantitative estimate of drug-likeness (QED) is 0.225. The number of unbranched alkanes of at least 4 members (excludes halogenated alkanes) is 5. The zero-order chi connectivity index (χ0) is 22.1. The molecule has 0 unspecified atom stereocenters. The lowest BCUT2D eigenvalue weighted by Crippen LogP contribution is -2.31. The molecule has 0 heterocycles. The third-order valence-electron chi connectivity index (χ3n) is 4.21. The average Bonchev–Trinajstić information content (AvgIpc) is 2.61. The molecular formula is C21H37NO6S. The number of hydrogen-bond acceptors (Lipinski definition) is 6. The van der Waals surface area contributed by atoms with Crippen LogP contribution in [0, 0.1) is 11.8 Å². The summed E-state index contributed by atoms with van der Waals surface area (Å²) < 4.78 is 35.4. The topological polar surface area (TPSA) is 90.0 Å². The largest absolute Gasteiger partial charge is 0.466 e. The van der Waals surface area contributed by atoms with Crippen LogP contribution in [0.25, 0.3) is 0 Å². The summed E-state index contributed by atoms with van der Waals surface area (Å²) in [6, 6.07) is 0. The Morgan fingerprint density at radius 2 is 1.72 bits per heavy atom. The van der Waals surface area contributed by atoms with Gasteiger partial charge in [-0.25, -0.2) is 8.42 Å². The van der Waals surface area contributed by atoms with Gasteiger partial charge < -0.3 is 9.47 Å². The number of nitrogens with zero attached hydrogens (tertiary/aromatic N) is 1. The molecule has 0 aromatic rings. The molecule has 0 aliphatic heterocycles. The molecule has 0 aliphatic carbocycles. The first-order valence-corrected chi connectivity index (χ1v) is 12.3. The van der Waals surface area contributed by atoms with E-state index in [9.17, 15) is 18.0 Å². The fraction of sp³-hybridized carbons (Fsp3) is 0.810. The molecule has 0 rings (SSSR count). The summed E-state index contributed by atoms with van der Waals surface area (Å²) in [7, 11) is -3.37. The lowest BCUT2D eigenvalue weighted by molar-refractivity contribution is -0.144. The molecule has 0 spiro atoms. The summed E-state index contributed by atoms with van der Waals surface area (Å²) in [5.74, 6) is 5.18. The van der Waals surface area contributed by atoms with Gasteiger partial charge in [0.15, 0.2) is 6.10 Å². The van der Waals surface area contributed by atoms with Crippen LogP contribution in [-0.2, 0) is 29.1 Å². The van der Waals surface area contributed by atoms with Gasteiger partial charge in [0.25, 0.3) is 0 Å². The number of carbonyl (C=O) groups is 2. The maximum Gasteiger partial charge on any atom is 0.305 e. The maximum atomic E-state index is 12.0. The molecule has 29 heavy (non-hydrogen) atoms. The van der Waals surface area contributed by atoms with Crippen molar-refractivity contribution in [2.75, 3.05) is 26.0 Å². The van der Waals surface area contributed by atoms with Crippen LogP contribution in [0.5, 0.6) is 0 Å². The fourth-order valence-electron chi connectivity index (χ4n) is 2.69. The summed E-state index contributed by atoms with van der Waals surface area (Å²) in [5, 5.41) is 0. The first kappa shape index (κ1) is 27.4. The minimum Gasteiger partial charge on any atom is -0.466 e. The zero-order valence-electron chi connectivity index (χ0n) is 18.4. The second-order valence-electron chi connectivity index (χ2n) is 6.98. The highest BCUT2D eigenvalue weighted by Gasteiger charge is 2.15. The number of carbonyl (C=O) groups excluding carboxylic acids is 2. The Balaban J connectivity index is 4.49. The van der Waals surface area contributed by atoms with Crippen LogP contribution >= 0.6 is 0 Å². The summed E-state index contributed by atoms with van der Waals surface area (Å²) in [6.45, 7) is 6.06. The first-order chi connectivity index (χ1) is 13.7. The van der Waals surface area contributed by atoms with E-state index in [0.29, 0.717) is 32.4 Å². The normalized spacial score (nSPS) is 12.2. The lowest BCUT2D eigenvalue weighted by Gasteiger charge is -2.17. The van der Waals surface area contributed by atoms with Crippen LogP contribution in [0.15, 0.2) is 0 Å². The van der Waals surface area contributed by atoms with Crippen molar-refractivity contribution < 1.29 is 27.5 Å². The average molecular weight is 432 g/mol. The van der Waals surface area contributed by atoms with Crippen LogP contribution < -0.4 is 0 Å². The van der Waals surface area contributed by atoms with Gasteiger partial charge in [-0.05, 0) is 32.6 Å². The first-order valence-electron chi connectivity index (χ1n) is 10.5. The smallest absolute Gasteiger partial charge is 0.305 e. The molecule has 8 heteroatoms. The van der Waals surface area contributed by atoms with Crippen molar-refractivity contribution in [1.82, 2.24) is 4.31 Å². The number of ether oxygens (including phenoxy) is 2. The third-order valence-corrected chi connectivity index (χ3v) is 5.46. The fourth-order valence-corrected chi connectivity index (χ4v) is 3.45. The van der Waals surface area contributed by atoms with Crippen LogP contribution in [-0.4, -0.2) is 56.7 Å². The summed E-state index contributed by atoms with van der Waals surface area (Å²) in [4.78, 5) is 22.5. The van der Waals surface area contributed by atoms with E-state index in [0.717, 1.165) is 38.5 Å². The predicted molar refractivity (Wildman–Crippen MR) is 114 cm³/mol. The molecule has 0 saturated heterocycles. The zero-order valence-corrected chi connectivity index (χ0v) is 19.2. The van der Waals surface area contributed by atoms with Gasteiger partial charge in [-0.3, -0.25) is 9.59 Å². The predicted octanol–water partition coefficient (Wildman–Crippen LogP) is 3.28. The molecule has 7 nitrogen and oxygen atoms in total. The second kappa shape index (κ2) is 16.2. The molecule has 1 atom stereocenters. The van der Waals surface area contributed by atoms with E-state index >= 15 is 0 Å². The molecule has 0 fully saturated rings. The maximum absolute atomic E-state index is 12.0. The van der Waals surface area contributed by atoms with E-state index in [1.807, 2.05) is 0 Å². The van der Waals surface area contributed by atoms with E-state index in [-0.39, 0.29) is 18.5 Å². The van der Waals surface area contributed by atoms with Gasteiger partial charge in [0.05, 0.1) is 19.4 Å². The minimum atomic E-state index is -3.37. The van der Waals surface area contributed by atoms with E-state index in [2.05, 4.69) is 18.8 Å². The van der Waals surface area contributed by atoms with E-state index in [1.54, 1.807) is 6.92 Å². The van der Waals surface area contributed by atoms with Crippen molar-refractivity contribution in [2.45, 2.75) is 84.7 Å². The Hall–Kier alpha value is -1.59. The number of rotatable bonds is 15. The molecule has 0 aliphatic rings. The van der Waals surface area contributed by atoms with Gasteiger partial charge in [-0.2, -0.15) is 4.31 Å². The minimum absolute atomic E-state index is 0.0766. The van der Waals surface area contributed by atoms with Gasteiger partial charge in [-0.1, -0.05) is 44.4 Å². The van der Waals surface area contributed by atoms with Gasteiger partial charge in [-0.15, -0.1) is 0 Å². The van der Waals surface area contributed by atoms with Crippen LogP contribution in [0.3, 0.4) is 0 Å². The monoisotopic (exact) mass is 431 g/mol. The Labute approximate surface area is 176 Å². The van der Waals surface area contributed by atoms with Crippen molar-refractivity contribution in [2.24, 2.45) is 0 Å². The second-order valence-corrected chi connectivity index (χ2v) is 8.96. The Morgan fingerprint density at radius 1 is 1.03 bits per heavy atom. The van der Waals surface area contributed by atoms with E-state index in [4.69, 9.17) is 9.47 Å².